The average molecular weight is 293 g/mol. The number of nitrogens with one attached hydrogen (secondary N) is 1. The van der Waals surface area contributed by atoms with Crippen molar-refractivity contribution in [1.82, 2.24) is 4.72 Å². The Kier molecular flexibility index (Phi) is 6.04. The maximum absolute atomic E-state index is 12.0. The largest absolute Gasteiger partial charge is 0.385 e. The van der Waals surface area contributed by atoms with Crippen LogP contribution in [0.2, 0.25) is 5.02 Å². The Morgan fingerprint density at radius 1 is 1.44 bits per heavy atom. The first kappa shape index (κ1) is 15.4. The molecule has 1 aromatic carbocycles. The van der Waals surface area contributed by atoms with Crippen LogP contribution in [0.4, 0.5) is 0 Å². The van der Waals surface area contributed by atoms with Crippen molar-refractivity contribution >= 4 is 21.6 Å². The molecule has 102 valence electrons. The minimum Gasteiger partial charge on any atom is -0.385 e. The van der Waals surface area contributed by atoms with Crippen molar-refractivity contribution in [3.63, 3.8) is 0 Å². The van der Waals surface area contributed by atoms with Crippen LogP contribution in [-0.2, 0) is 21.3 Å². The van der Waals surface area contributed by atoms with Crippen LogP contribution in [0.5, 0.6) is 0 Å². The lowest BCUT2D eigenvalue weighted by Gasteiger charge is -2.09. The Bertz CT molecular complexity index is 491. The van der Waals surface area contributed by atoms with E-state index in [-0.39, 0.29) is 16.5 Å². The van der Waals surface area contributed by atoms with E-state index in [0.29, 0.717) is 19.6 Å². The maximum Gasteiger partial charge on any atom is 0.242 e. The van der Waals surface area contributed by atoms with Crippen molar-refractivity contribution in [1.29, 1.82) is 0 Å². The first-order chi connectivity index (χ1) is 8.51. The van der Waals surface area contributed by atoms with E-state index in [2.05, 4.69) is 4.72 Å². The van der Waals surface area contributed by atoms with Crippen LogP contribution in [0.15, 0.2) is 23.1 Å². The first-order valence-electron chi connectivity index (χ1n) is 5.48. The van der Waals surface area contributed by atoms with Gasteiger partial charge < -0.3 is 10.5 Å². The Labute approximate surface area is 112 Å². The Morgan fingerprint density at radius 2 is 2.17 bits per heavy atom. The maximum atomic E-state index is 12.0. The Balaban J connectivity index is 2.83. The van der Waals surface area contributed by atoms with Crippen molar-refractivity contribution < 1.29 is 13.2 Å². The molecule has 0 atom stereocenters. The third-order valence-corrected chi connectivity index (χ3v) is 4.28. The molecule has 1 aromatic rings. The van der Waals surface area contributed by atoms with Gasteiger partial charge in [-0.25, -0.2) is 13.1 Å². The summed E-state index contributed by atoms with van der Waals surface area (Å²) in [5.41, 5.74) is 6.20. The minimum absolute atomic E-state index is 0.0598. The van der Waals surface area contributed by atoms with Gasteiger partial charge in [0, 0.05) is 26.8 Å². The summed E-state index contributed by atoms with van der Waals surface area (Å²) >= 11 is 5.89. The second kappa shape index (κ2) is 7.06. The molecule has 0 heterocycles. The van der Waals surface area contributed by atoms with Crippen molar-refractivity contribution in [3.8, 4) is 0 Å². The van der Waals surface area contributed by atoms with Gasteiger partial charge >= 0.3 is 0 Å². The predicted octanol–water partition coefficient (Wildman–Crippen LogP) is 1.11. The number of rotatable bonds is 7. The zero-order valence-electron chi connectivity index (χ0n) is 10.1. The summed E-state index contributed by atoms with van der Waals surface area (Å²) in [6.07, 6.45) is 0.601. The minimum atomic E-state index is -3.60. The van der Waals surface area contributed by atoms with Crippen molar-refractivity contribution in [2.24, 2.45) is 5.73 Å². The summed E-state index contributed by atoms with van der Waals surface area (Å²) in [7, 11) is -2.03. The summed E-state index contributed by atoms with van der Waals surface area (Å²) in [5.74, 6) is 0. The molecule has 0 fully saturated rings. The number of methoxy groups -OCH3 is 1. The van der Waals surface area contributed by atoms with Crippen molar-refractivity contribution in [2.45, 2.75) is 17.9 Å². The quantitative estimate of drug-likeness (QED) is 0.738. The molecule has 0 bridgehead atoms. The molecule has 0 aromatic heterocycles. The topological polar surface area (TPSA) is 81.4 Å². The normalized spacial score (nSPS) is 11.7. The van der Waals surface area contributed by atoms with E-state index in [1.807, 2.05) is 0 Å². The molecule has 0 amide bonds. The first-order valence-corrected chi connectivity index (χ1v) is 7.34. The number of hydrogen-bond acceptors (Lipinski definition) is 4. The summed E-state index contributed by atoms with van der Waals surface area (Å²) in [4.78, 5) is 0.0598. The highest BCUT2D eigenvalue weighted by Crippen LogP contribution is 2.22. The molecule has 0 aliphatic carbocycles. The van der Waals surface area contributed by atoms with E-state index < -0.39 is 10.0 Å². The van der Waals surface area contributed by atoms with Crippen LogP contribution in [-0.4, -0.2) is 28.7 Å². The van der Waals surface area contributed by atoms with Gasteiger partial charge in [0.15, 0.2) is 0 Å². The monoisotopic (exact) mass is 292 g/mol. The molecule has 0 unspecified atom stereocenters. The third-order valence-electron chi connectivity index (χ3n) is 2.34. The van der Waals surface area contributed by atoms with Gasteiger partial charge in [-0.1, -0.05) is 17.7 Å². The lowest BCUT2D eigenvalue weighted by Crippen LogP contribution is -2.26. The molecule has 0 saturated carbocycles. The SMILES string of the molecule is COCCCNS(=O)(=O)c1cc(CN)ccc1Cl. The molecule has 3 N–H and O–H groups in total. The van der Waals surface area contributed by atoms with Crippen LogP contribution in [0, 0.1) is 0 Å². The molecule has 0 radical (unpaired) electrons. The summed E-state index contributed by atoms with van der Waals surface area (Å²) < 4.78 is 31.3. The van der Waals surface area contributed by atoms with E-state index in [1.54, 1.807) is 13.2 Å². The van der Waals surface area contributed by atoms with E-state index in [1.165, 1.54) is 12.1 Å². The predicted molar refractivity (Wildman–Crippen MR) is 71.0 cm³/mol. The molecule has 0 spiro atoms. The summed E-state index contributed by atoms with van der Waals surface area (Å²) in [6, 6.07) is 4.72. The molecule has 18 heavy (non-hydrogen) atoms. The van der Waals surface area contributed by atoms with E-state index in [4.69, 9.17) is 22.1 Å². The number of halogens is 1. The van der Waals surface area contributed by atoms with Crippen LogP contribution < -0.4 is 10.5 Å². The highest BCUT2D eigenvalue weighted by atomic mass is 35.5. The number of ether oxygens (including phenoxy) is 1. The van der Waals surface area contributed by atoms with Gasteiger partial charge in [-0.3, -0.25) is 0 Å². The molecule has 5 nitrogen and oxygen atoms in total. The zero-order valence-corrected chi connectivity index (χ0v) is 11.7. The molecule has 0 aliphatic rings. The van der Waals surface area contributed by atoms with Gasteiger partial charge in [-0.15, -0.1) is 0 Å². The van der Waals surface area contributed by atoms with Gasteiger partial charge in [0.2, 0.25) is 10.0 Å². The van der Waals surface area contributed by atoms with Gasteiger partial charge in [-0.05, 0) is 24.1 Å². The highest BCUT2D eigenvalue weighted by Gasteiger charge is 2.17. The molecule has 0 saturated heterocycles. The smallest absolute Gasteiger partial charge is 0.242 e. The number of hydrogen-bond donors (Lipinski definition) is 2. The fourth-order valence-corrected chi connectivity index (χ4v) is 3.00. The number of benzene rings is 1. The van der Waals surface area contributed by atoms with Gasteiger partial charge in [-0.2, -0.15) is 0 Å². The third kappa shape index (κ3) is 4.22. The van der Waals surface area contributed by atoms with Crippen LogP contribution in [0.25, 0.3) is 0 Å². The van der Waals surface area contributed by atoms with Crippen molar-refractivity contribution in [3.05, 3.63) is 28.8 Å². The zero-order chi connectivity index (χ0) is 13.6. The molecular weight excluding hydrogens is 276 g/mol. The van der Waals surface area contributed by atoms with Crippen molar-refractivity contribution in [2.75, 3.05) is 20.3 Å². The van der Waals surface area contributed by atoms with Gasteiger partial charge in [0.05, 0.1) is 5.02 Å². The Hall–Kier alpha value is -0.660. The fourth-order valence-electron chi connectivity index (χ4n) is 1.38. The number of nitrogens with two attached hydrogens (primary N) is 1. The summed E-state index contributed by atoms with van der Waals surface area (Å²) in [5, 5.41) is 0.187. The molecular formula is C11H17ClN2O3S. The van der Waals surface area contributed by atoms with Gasteiger partial charge in [0.1, 0.15) is 4.90 Å². The molecule has 0 aliphatic heterocycles. The second-order valence-electron chi connectivity index (χ2n) is 3.71. The van der Waals surface area contributed by atoms with Crippen LogP contribution >= 0.6 is 11.6 Å². The average Bonchev–Trinajstić information content (AvgIpc) is 2.35. The Morgan fingerprint density at radius 3 is 2.78 bits per heavy atom. The summed E-state index contributed by atoms with van der Waals surface area (Å²) in [6.45, 7) is 1.07. The standard InChI is InChI=1S/C11H17ClN2O3S/c1-17-6-2-5-14-18(15,16)11-7-9(8-13)3-4-10(11)12/h3-4,7,14H,2,5-6,8,13H2,1H3. The van der Waals surface area contributed by atoms with Crippen LogP contribution in [0.1, 0.15) is 12.0 Å². The highest BCUT2D eigenvalue weighted by molar-refractivity contribution is 7.89. The fraction of sp³-hybridized carbons (Fsp3) is 0.455. The van der Waals surface area contributed by atoms with Crippen LogP contribution in [0.3, 0.4) is 0 Å². The molecule has 1 rings (SSSR count). The van der Waals surface area contributed by atoms with Gasteiger partial charge in [0.25, 0.3) is 0 Å². The lowest BCUT2D eigenvalue weighted by molar-refractivity contribution is 0.196. The van der Waals surface area contributed by atoms with E-state index in [9.17, 15) is 8.42 Å². The van der Waals surface area contributed by atoms with E-state index >= 15 is 0 Å². The van der Waals surface area contributed by atoms with E-state index in [0.717, 1.165) is 5.56 Å². The lowest BCUT2D eigenvalue weighted by atomic mass is 10.2. The number of sulfonamides is 1. The molecule has 7 heteroatoms. The second-order valence-corrected chi connectivity index (χ2v) is 5.86.